The second kappa shape index (κ2) is 22.6. The lowest BCUT2D eigenvalue weighted by Crippen LogP contribution is -2.53. The normalized spacial score (nSPS) is 19.1. The van der Waals surface area contributed by atoms with E-state index in [1.165, 1.54) is 4.80 Å². The highest BCUT2D eigenvalue weighted by molar-refractivity contribution is 5.97. The third-order valence-electron chi connectivity index (χ3n) is 16.3. The summed E-state index contributed by atoms with van der Waals surface area (Å²) in [6, 6.07) is 35.1. The van der Waals surface area contributed by atoms with Gasteiger partial charge in [-0.1, -0.05) is 42.5 Å². The minimum atomic E-state index is -0.903. The molecule has 4 fully saturated rings. The molecular formula is C61H59FN18O6. The van der Waals surface area contributed by atoms with E-state index in [9.17, 15) is 23.6 Å². The van der Waals surface area contributed by atoms with Crippen LogP contribution < -0.4 is 21.2 Å². The van der Waals surface area contributed by atoms with Gasteiger partial charge in [0.25, 0.3) is 11.8 Å². The molecule has 0 spiro atoms. The summed E-state index contributed by atoms with van der Waals surface area (Å²) in [6.07, 6.45) is 4.63. The lowest BCUT2D eigenvalue weighted by Gasteiger charge is -2.39. The number of carbonyl (C=O) groups excluding carboxylic acids is 4. The maximum absolute atomic E-state index is 14.1. The molecule has 5 aromatic heterocycles. The zero-order valence-electron chi connectivity index (χ0n) is 47.0. The fraction of sp³-hybridized carbons (Fsp3) is 0.311. The van der Waals surface area contributed by atoms with E-state index >= 15 is 0 Å². The van der Waals surface area contributed by atoms with E-state index in [0.717, 1.165) is 29.7 Å². The number of pyridine rings is 2. The van der Waals surface area contributed by atoms with Crippen LogP contribution in [0.25, 0.3) is 45.1 Å². The fourth-order valence-electron chi connectivity index (χ4n) is 11.4. The summed E-state index contributed by atoms with van der Waals surface area (Å²) in [5.74, 6) is 1.12. The number of carbonyl (C=O) groups is 4. The maximum atomic E-state index is 14.1. The topological polar surface area (TPSA) is 258 Å². The molecule has 86 heavy (non-hydrogen) atoms. The summed E-state index contributed by atoms with van der Waals surface area (Å²) in [7, 11) is 3.64. The van der Waals surface area contributed by atoms with E-state index in [2.05, 4.69) is 73.3 Å². The van der Waals surface area contributed by atoms with Gasteiger partial charge < -0.3 is 29.3 Å². The number of benzene rings is 4. The number of aryl methyl sites for hydroxylation is 1. The number of hydrazine groups is 2. The third-order valence-corrected chi connectivity index (χ3v) is 16.3. The Hall–Kier alpha value is -9.85. The lowest BCUT2D eigenvalue weighted by molar-refractivity contribution is -0.117. The molecule has 2 saturated heterocycles. The Balaban J connectivity index is 0.626. The number of fused-ring (bicyclic) bond motifs is 2. The third kappa shape index (κ3) is 11.2. The standard InChI is InChI=1S/C61H59FN18O6/c1-74-70-55(69-73-74)53(76-22-26-78(27-23-76)60(83)48-32-40(19-21-63-48)59-68-47-35-43(13-17-51(47)86-59)66-57(82)38-8-9-38)37-10-14-44(15-11-37)80-72-56(71-75(80)2)54(36-6-4-3-5-7-36)77-24-28-79(29-25-77)61(84)49-31-39(18-20-64-49)58-67-46-34-42(12-16-50(46)85-58)65-52(81)33-41-30-45(41)62/h3-7,10-21,31-32,34-35,38,41,45,53-54H,8-9,22-30,33H2,1-2H3,(H,65,81)(H,66,82)(H,71,72)/t41-,45-,53-,54?/m1/s1. The molecule has 9 aromatic rings. The van der Waals surface area contributed by atoms with Crippen LogP contribution >= 0.6 is 0 Å². The molecule has 2 aliphatic carbocycles. The number of rotatable bonds is 16. The highest BCUT2D eigenvalue weighted by atomic mass is 19.1. The summed E-state index contributed by atoms with van der Waals surface area (Å²) < 4.78 is 25.5. The van der Waals surface area contributed by atoms with Crippen LogP contribution in [-0.4, -0.2) is 160 Å². The van der Waals surface area contributed by atoms with Crippen LogP contribution in [0.3, 0.4) is 0 Å². The molecule has 1 unspecified atom stereocenters. The number of amides is 4. The van der Waals surface area contributed by atoms with Gasteiger partial charge in [0.2, 0.25) is 23.6 Å². The minimum absolute atomic E-state index is 0.0132. The van der Waals surface area contributed by atoms with Crippen LogP contribution in [-0.2, 0) is 16.6 Å². The number of nitrogens with zero attached hydrogens (tertiary/aromatic N) is 15. The van der Waals surface area contributed by atoms with Crippen molar-refractivity contribution in [3.63, 3.8) is 0 Å². The smallest absolute Gasteiger partial charge is 0.272 e. The number of piperazine rings is 2. The summed E-state index contributed by atoms with van der Waals surface area (Å²) in [5, 5.41) is 27.9. The molecular weight excluding hydrogens is 1100 g/mol. The van der Waals surface area contributed by atoms with Crippen molar-refractivity contribution in [3.8, 4) is 22.9 Å². The second-order valence-electron chi connectivity index (χ2n) is 22.3. The van der Waals surface area contributed by atoms with E-state index < -0.39 is 6.17 Å². The number of halogens is 1. The summed E-state index contributed by atoms with van der Waals surface area (Å²) in [6.45, 7) is 3.92. The van der Waals surface area contributed by atoms with Crippen LogP contribution in [0.4, 0.5) is 21.5 Å². The first-order valence-electron chi connectivity index (χ1n) is 28.7. The van der Waals surface area contributed by atoms with E-state index in [4.69, 9.17) is 13.9 Å². The van der Waals surface area contributed by atoms with Gasteiger partial charge in [-0.3, -0.25) is 44.4 Å². The Morgan fingerprint density at radius 1 is 0.663 bits per heavy atom. The van der Waals surface area contributed by atoms with E-state index in [-0.39, 0.29) is 65.4 Å². The van der Waals surface area contributed by atoms with Crippen LogP contribution in [0.15, 0.2) is 142 Å². The molecule has 3 N–H and O–H groups in total. The van der Waals surface area contributed by atoms with Crippen molar-refractivity contribution < 1.29 is 32.4 Å². The zero-order valence-corrected chi connectivity index (χ0v) is 47.0. The molecule has 5 aliphatic rings. The average Bonchev–Trinajstić information content (AvgIpc) is 4.47. The first kappa shape index (κ1) is 54.1. The SMILES string of the molecule is CN1NC(C(c2ccccc2)N2CCN(C(=O)c3cc(-c4nc5cc(NC(=O)C[C@H]6C[C@H]6F)ccc5o4)ccn3)CC2)=NN1c1ccc([C@H](c2nnn(C)n2)N2CCN(C(=O)c3cc(-c4nc5cc(NC(=O)C6CC6)ccc5o4)ccn3)CC2)cc1. The van der Waals surface area contributed by atoms with Crippen LogP contribution in [0.1, 0.15) is 75.7 Å². The van der Waals surface area contributed by atoms with Gasteiger partial charge in [-0.05, 0) is 108 Å². The first-order valence-corrected chi connectivity index (χ1v) is 28.7. The molecule has 14 rings (SSSR count). The van der Waals surface area contributed by atoms with Crippen LogP contribution in [0.5, 0.6) is 0 Å². The average molecular weight is 1160 g/mol. The zero-order chi connectivity index (χ0) is 58.6. The number of hydrogen-bond acceptors (Lipinski definition) is 19. The predicted octanol–water partition coefficient (Wildman–Crippen LogP) is 6.88. The molecule has 8 heterocycles. The quantitative estimate of drug-likeness (QED) is 0.0890. The molecule has 4 aromatic carbocycles. The van der Waals surface area contributed by atoms with Crippen molar-refractivity contribution >= 4 is 68.7 Å². The van der Waals surface area contributed by atoms with Crippen LogP contribution in [0.2, 0.25) is 0 Å². The van der Waals surface area contributed by atoms with E-state index in [1.807, 2.05) is 64.6 Å². The predicted molar refractivity (Wildman–Crippen MR) is 314 cm³/mol. The molecule has 436 valence electrons. The van der Waals surface area contributed by atoms with Gasteiger partial charge >= 0.3 is 0 Å². The van der Waals surface area contributed by atoms with Gasteiger partial charge in [0, 0.05) is 113 Å². The van der Waals surface area contributed by atoms with Gasteiger partial charge in [0.1, 0.15) is 28.6 Å². The largest absolute Gasteiger partial charge is 0.436 e. The first-order chi connectivity index (χ1) is 41.9. The van der Waals surface area contributed by atoms with E-state index in [1.54, 1.807) is 85.0 Å². The Bertz CT molecular complexity index is 4080. The van der Waals surface area contributed by atoms with Gasteiger partial charge in [-0.15, -0.1) is 20.4 Å². The Morgan fingerprint density at radius 2 is 1.22 bits per heavy atom. The summed E-state index contributed by atoms with van der Waals surface area (Å²) in [4.78, 5) is 80.9. The van der Waals surface area contributed by atoms with Crippen molar-refractivity contribution in [2.75, 3.05) is 75.2 Å². The number of tetrazole rings is 1. The second-order valence-corrected chi connectivity index (χ2v) is 22.3. The summed E-state index contributed by atoms with van der Waals surface area (Å²) in [5.41, 5.74) is 11.4. The van der Waals surface area contributed by atoms with Crippen molar-refractivity contribution in [1.82, 2.24) is 70.3 Å². The number of anilines is 3. The minimum Gasteiger partial charge on any atom is -0.436 e. The number of oxazole rings is 2. The number of hydrogen-bond donors (Lipinski definition) is 3. The fourth-order valence-corrected chi connectivity index (χ4v) is 11.4. The maximum Gasteiger partial charge on any atom is 0.272 e. The van der Waals surface area contributed by atoms with Crippen molar-refractivity contribution in [3.05, 3.63) is 156 Å². The Labute approximate surface area is 491 Å². The number of amidine groups is 1. The number of nitrogens with one attached hydrogen (secondary N) is 3. The van der Waals surface area contributed by atoms with Gasteiger partial charge in [-0.25, -0.2) is 14.4 Å². The lowest BCUT2D eigenvalue weighted by atomic mass is 10.0. The monoisotopic (exact) mass is 1160 g/mol. The number of alkyl halides is 1. The van der Waals surface area contributed by atoms with E-state index in [0.29, 0.717) is 127 Å². The van der Waals surface area contributed by atoms with Gasteiger partial charge in [0.05, 0.1) is 24.8 Å². The van der Waals surface area contributed by atoms with Crippen molar-refractivity contribution in [2.45, 2.75) is 43.9 Å². The molecule has 25 heteroatoms. The van der Waals surface area contributed by atoms with Crippen LogP contribution in [0, 0.1) is 11.8 Å². The van der Waals surface area contributed by atoms with Gasteiger partial charge in [0.15, 0.2) is 22.8 Å². The van der Waals surface area contributed by atoms with Crippen molar-refractivity contribution in [2.24, 2.45) is 24.0 Å². The Kier molecular flexibility index (Phi) is 14.2. The molecule has 0 radical (unpaired) electrons. The number of hydrazone groups is 1. The highest BCUT2D eigenvalue weighted by Gasteiger charge is 2.40. The molecule has 0 bridgehead atoms. The van der Waals surface area contributed by atoms with Gasteiger partial charge in [-0.2, -0.15) is 9.91 Å². The molecule has 3 aliphatic heterocycles. The molecule has 4 atom stereocenters. The Morgan fingerprint density at radius 3 is 1.77 bits per heavy atom. The molecule has 24 nitrogen and oxygen atoms in total. The van der Waals surface area contributed by atoms with Crippen molar-refractivity contribution in [1.29, 1.82) is 0 Å². The molecule has 2 saturated carbocycles. The highest BCUT2D eigenvalue weighted by Crippen LogP contribution is 2.38. The summed E-state index contributed by atoms with van der Waals surface area (Å²) >= 11 is 0. The molecule has 4 amide bonds. The number of aromatic nitrogens is 8.